The summed E-state index contributed by atoms with van der Waals surface area (Å²) in [5.41, 5.74) is -1.03. The van der Waals surface area contributed by atoms with Crippen molar-refractivity contribution in [1.82, 2.24) is 4.90 Å². The van der Waals surface area contributed by atoms with Crippen molar-refractivity contribution in [3.8, 4) is 0 Å². The van der Waals surface area contributed by atoms with Gasteiger partial charge in [0.2, 0.25) is 0 Å². The van der Waals surface area contributed by atoms with Crippen LogP contribution < -0.4 is 0 Å². The summed E-state index contributed by atoms with van der Waals surface area (Å²) in [5, 5.41) is 0. The average Bonchev–Trinajstić information content (AvgIpc) is 2.70. The van der Waals surface area contributed by atoms with E-state index in [2.05, 4.69) is 0 Å². The van der Waals surface area contributed by atoms with Crippen LogP contribution in [0.5, 0.6) is 0 Å². The maximum Gasteiger partial charge on any atom is 0.411 e. The van der Waals surface area contributed by atoms with Crippen molar-refractivity contribution in [2.45, 2.75) is 25.5 Å². The normalized spacial score (nSPS) is 32.8. The second kappa shape index (κ2) is 3.25. The first-order valence-corrected chi connectivity index (χ1v) is 4.96. The monoisotopic (exact) mass is 211 g/mol. The molecule has 82 valence electrons. The van der Waals surface area contributed by atoms with Crippen molar-refractivity contribution in [2.75, 3.05) is 13.2 Å². The van der Waals surface area contributed by atoms with Gasteiger partial charge in [0, 0.05) is 6.54 Å². The van der Waals surface area contributed by atoms with Crippen LogP contribution in [0.2, 0.25) is 0 Å². The first kappa shape index (κ1) is 10.0. The lowest BCUT2D eigenvalue weighted by atomic mass is 9.94. The SMILES string of the molecule is CCOC(=O)[C@@]12C=CCN1C(=O)O[C@@H]2C. The molecule has 2 atom stereocenters. The molecule has 2 aliphatic rings. The van der Waals surface area contributed by atoms with Crippen LogP contribution in [0.1, 0.15) is 13.8 Å². The molecule has 1 fully saturated rings. The molecule has 0 spiro atoms. The van der Waals surface area contributed by atoms with Gasteiger partial charge in [0.25, 0.3) is 0 Å². The van der Waals surface area contributed by atoms with Crippen LogP contribution in [0, 0.1) is 0 Å². The van der Waals surface area contributed by atoms with E-state index in [1.54, 1.807) is 26.0 Å². The van der Waals surface area contributed by atoms with Crippen LogP contribution in [-0.4, -0.2) is 41.8 Å². The number of hydrogen-bond acceptors (Lipinski definition) is 4. The van der Waals surface area contributed by atoms with Gasteiger partial charge in [-0.25, -0.2) is 9.59 Å². The maximum atomic E-state index is 11.9. The Kier molecular flexibility index (Phi) is 2.17. The molecule has 5 heteroatoms. The largest absolute Gasteiger partial charge is 0.464 e. The van der Waals surface area contributed by atoms with E-state index in [1.807, 2.05) is 0 Å². The maximum absolute atomic E-state index is 11.9. The van der Waals surface area contributed by atoms with Gasteiger partial charge in [0.15, 0.2) is 5.54 Å². The highest BCUT2D eigenvalue weighted by molar-refractivity contribution is 5.92. The number of nitrogens with zero attached hydrogens (tertiary/aromatic N) is 1. The molecule has 2 heterocycles. The zero-order valence-electron chi connectivity index (χ0n) is 8.73. The predicted octanol–water partition coefficient (Wildman–Crippen LogP) is 0.699. The Balaban J connectivity index is 2.34. The van der Waals surface area contributed by atoms with E-state index < -0.39 is 23.7 Å². The highest BCUT2D eigenvalue weighted by atomic mass is 16.6. The van der Waals surface area contributed by atoms with Crippen LogP contribution in [0.15, 0.2) is 12.2 Å². The Labute approximate surface area is 87.6 Å². The van der Waals surface area contributed by atoms with E-state index in [9.17, 15) is 9.59 Å². The molecule has 0 N–H and O–H groups in total. The summed E-state index contributed by atoms with van der Waals surface area (Å²) in [6, 6.07) is 0. The van der Waals surface area contributed by atoms with E-state index in [4.69, 9.17) is 9.47 Å². The fraction of sp³-hybridized carbons (Fsp3) is 0.600. The first-order chi connectivity index (χ1) is 7.13. The van der Waals surface area contributed by atoms with Gasteiger partial charge in [-0.3, -0.25) is 4.90 Å². The minimum Gasteiger partial charge on any atom is -0.464 e. The molecule has 0 bridgehead atoms. The predicted molar refractivity (Wildman–Crippen MR) is 51.2 cm³/mol. The highest BCUT2D eigenvalue weighted by Crippen LogP contribution is 2.36. The molecule has 0 radical (unpaired) electrons. The molecule has 0 saturated carbocycles. The summed E-state index contributed by atoms with van der Waals surface area (Å²) in [6.45, 7) is 4.13. The molecule has 0 aliphatic carbocycles. The van der Waals surface area contributed by atoms with Gasteiger partial charge in [0.05, 0.1) is 6.61 Å². The Morgan fingerprint density at radius 3 is 3.20 bits per heavy atom. The topological polar surface area (TPSA) is 55.8 Å². The number of rotatable bonds is 2. The molecule has 1 amide bonds. The van der Waals surface area contributed by atoms with Crippen molar-refractivity contribution >= 4 is 12.1 Å². The Hall–Kier alpha value is -1.52. The van der Waals surface area contributed by atoms with E-state index in [-0.39, 0.29) is 0 Å². The molecule has 2 aliphatic heterocycles. The summed E-state index contributed by atoms with van der Waals surface area (Å²) in [6.07, 6.45) is 2.53. The summed E-state index contributed by atoms with van der Waals surface area (Å²) in [7, 11) is 0. The van der Waals surface area contributed by atoms with Crippen molar-refractivity contribution in [3.05, 3.63) is 12.2 Å². The van der Waals surface area contributed by atoms with E-state index in [0.29, 0.717) is 13.2 Å². The number of amides is 1. The first-order valence-electron chi connectivity index (χ1n) is 4.96. The van der Waals surface area contributed by atoms with E-state index in [0.717, 1.165) is 0 Å². The molecule has 1 saturated heterocycles. The summed E-state index contributed by atoms with van der Waals surface area (Å²) in [5.74, 6) is -0.419. The lowest BCUT2D eigenvalue weighted by Gasteiger charge is -2.28. The fourth-order valence-corrected chi connectivity index (χ4v) is 2.05. The number of carbonyl (C=O) groups is 2. The van der Waals surface area contributed by atoms with Crippen LogP contribution in [0.4, 0.5) is 4.79 Å². The third kappa shape index (κ3) is 1.15. The van der Waals surface area contributed by atoms with Crippen molar-refractivity contribution in [1.29, 1.82) is 0 Å². The number of esters is 1. The van der Waals surface area contributed by atoms with Crippen LogP contribution in [-0.2, 0) is 14.3 Å². The Morgan fingerprint density at radius 2 is 2.53 bits per heavy atom. The van der Waals surface area contributed by atoms with Gasteiger partial charge >= 0.3 is 12.1 Å². The van der Waals surface area contributed by atoms with E-state index in [1.165, 1.54) is 4.90 Å². The van der Waals surface area contributed by atoms with Gasteiger partial charge in [-0.15, -0.1) is 0 Å². The standard InChI is InChI=1S/C10H13NO4/c1-3-14-8(12)10-5-4-6-11(10)9(13)15-7(10)2/h4-5,7H,3,6H2,1-2H3/t7-,10+/m1/s1. The molecule has 0 unspecified atom stereocenters. The van der Waals surface area contributed by atoms with Crippen molar-refractivity contribution < 1.29 is 19.1 Å². The molecule has 0 aromatic rings. The lowest BCUT2D eigenvalue weighted by Crippen LogP contribution is -2.53. The summed E-state index contributed by atoms with van der Waals surface area (Å²) >= 11 is 0. The zero-order valence-corrected chi connectivity index (χ0v) is 8.73. The molecule has 0 aromatic carbocycles. The second-order valence-electron chi connectivity index (χ2n) is 3.58. The molecule has 2 rings (SSSR count). The minimum atomic E-state index is -1.03. The van der Waals surface area contributed by atoms with E-state index >= 15 is 0 Å². The van der Waals surface area contributed by atoms with Gasteiger partial charge in [-0.2, -0.15) is 0 Å². The number of cyclic esters (lactones) is 1. The van der Waals surface area contributed by atoms with Crippen LogP contribution in [0.25, 0.3) is 0 Å². The molecular formula is C10H13NO4. The van der Waals surface area contributed by atoms with Crippen molar-refractivity contribution in [2.24, 2.45) is 0 Å². The van der Waals surface area contributed by atoms with Gasteiger partial charge in [-0.05, 0) is 19.9 Å². The number of carbonyl (C=O) groups excluding carboxylic acids is 2. The Bertz CT molecular complexity index is 338. The average molecular weight is 211 g/mol. The quantitative estimate of drug-likeness (QED) is 0.498. The number of ether oxygens (including phenoxy) is 2. The second-order valence-corrected chi connectivity index (χ2v) is 3.58. The number of fused-ring (bicyclic) bond motifs is 1. The van der Waals surface area contributed by atoms with Gasteiger partial charge in [0.1, 0.15) is 6.10 Å². The lowest BCUT2D eigenvalue weighted by molar-refractivity contribution is -0.153. The summed E-state index contributed by atoms with van der Waals surface area (Å²) < 4.78 is 10.0. The number of hydrogen-bond donors (Lipinski definition) is 0. The van der Waals surface area contributed by atoms with Crippen LogP contribution >= 0.6 is 0 Å². The third-order valence-corrected chi connectivity index (χ3v) is 2.83. The Morgan fingerprint density at radius 1 is 1.80 bits per heavy atom. The third-order valence-electron chi connectivity index (χ3n) is 2.83. The summed E-state index contributed by atoms with van der Waals surface area (Å²) in [4.78, 5) is 24.7. The minimum absolute atomic E-state index is 0.295. The zero-order chi connectivity index (χ0) is 11.1. The molecule has 0 aromatic heterocycles. The molecule has 5 nitrogen and oxygen atoms in total. The molecular weight excluding hydrogens is 198 g/mol. The molecule has 15 heavy (non-hydrogen) atoms. The van der Waals surface area contributed by atoms with Crippen molar-refractivity contribution in [3.63, 3.8) is 0 Å². The van der Waals surface area contributed by atoms with Crippen LogP contribution in [0.3, 0.4) is 0 Å². The van der Waals surface area contributed by atoms with Gasteiger partial charge in [-0.1, -0.05) is 6.08 Å². The smallest absolute Gasteiger partial charge is 0.411 e. The highest BCUT2D eigenvalue weighted by Gasteiger charge is 2.59. The van der Waals surface area contributed by atoms with Gasteiger partial charge < -0.3 is 9.47 Å². The fourth-order valence-electron chi connectivity index (χ4n) is 2.05.